The van der Waals surface area contributed by atoms with Crippen molar-refractivity contribution in [1.29, 1.82) is 0 Å². The van der Waals surface area contributed by atoms with E-state index in [0.29, 0.717) is 36.7 Å². The van der Waals surface area contributed by atoms with Crippen molar-refractivity contribution in [3.05, 3.63) is 23.3 Å². The molecule has 1 unspecified atom stereocenters. The standard InChI is InChI=1S/C12H15FO3/c1-8(13)10-6-9(2-3-14)12-11(7-10)15-4-5-16-12/h6-8,14H,2-5H2,1H3. The van der Waals surface area contributed by atoms with E-state index in [4.69, 9.17) is 14.6 Å². The van der Waals surface area contributed by atoms with Crippen LogP contribution in [0.1, 0.15) is 24.2 Å². The highest BCUT2D eigenvalue weighted by Gasteiger charge is 2.19. The molecule has 0 amide bonds. The van der Waals surface area contributed by atoms with Gasteiger partial charge in [0.15, 0.2) is 11.5 Å². The molecule has 1 N–H and O–H groups in total. The lowest BCUT2D eigenvalue weighted by molar-refractivity contribution is 0.168. The third kappa shape index (κ3) is 2.11. The molecule has 1 aliphatic rings. The van der Waals surface area contributed by atoms with Gasteiger partial charge in [0.2, 0.25) is 0 Å². The first-order valence-corrected chi connectivity index (χ1v) is 5.39. The van der Waals surface area contributed by atoms with Gasteiger partial charge < -0.3 is 14.6 Å². The third-order valence-corrected chi connectivity index (χ3v) is 2.58. The van der Waals surface area contributed by atoms with Gasteiger partial charge in [-0.25, -0.2) is 4.39 Å². The Kier molecular flexibility index (Phi) is 3.29. The van der Waals surface area contributed by atoms with E-state index in [-0.39, 0.29) is 6.61 Å². The Morgan fingerprint density at radius 1 is 1.38 bits per heavy atom. The molecule has 0 fully saturated rings. The summed E-state index contributed by atoms with van der Waals surface area (Å²) in [5.74, 6) is 1.22. The summed E-state index contributed by atoms with van der Waals surface area (Å²) in [7, 11) is 0. The minimum atomic E-state index is -1.05. The molecule has 88 valence electrons. The molecule has 0 saturated heterocycles. The van der Waals surface area contributed by atoms with Crippen molar-refractivity contribution >= 4 is 0 Å². The second kappa shape index (κ2) is 4.70. The Morgan fingerprint density at radius 3 is 2.81 bits per heavy atom. The monoisotopic (exact) mass is 226 g/mol. The van der Waals surface area contributed by atoms with Crippen molar-refractivity contribution < 1.29 is 19.0 Å². The van der Waals surface area contributed by atoms with Gasteiger partial charge in [-0.2, -0.15) is 0 Å². The summed E-state index contributed by atoms with van der Waals surface area (Å²) in [6, 6.07) is 3.40. The van der Waals surface area contributed by atoms with Crippen molar-refractivity contribution in [2.75, 3.05) is 19.8 Å². The highest BCUT2D eigenvalue weighted by atomic mass is 19.1. The number of fused-ring (bicyclic) bond motifs is 1. The fourth-order valence-electron chi connectivity index (χ4n) is 1.79. The Bertz CT molecular complexity index is 377. The molecule has 1 aliphatic heterocycles. The molecule has 3 nitrogen and oxygen atoms in total. The van der Waals surface area contributed by atoms with Gasteiger partial charge in [-0.1, -0.05) is 0 Å². The first-order valence-electron chi connectivity index (χ1n) is 5.39. The van der Waals surface area contributed by atoms with E-state index in [1.165, 1.54) is 6.92 Å². The summed E-state index contributed by atoms with van der Waals surface area (Å²) in [6.07, 6.45) is -0.597. The third-order valence-electron chi connectivity index (χ3n) is 2.58. The van der Waals surface area contributed by atoms with Crippen LogP contribution in [0.2, 0.25) is 0 Å². The van der Waals surface area contributed by atoms with E-state index < -0.39 is 6.17 Å². The predicted molar refractivity (Wildman–Crippen MR) is 57.7 cm³/mol. The molecule has 0 radical (unpaired) electrons. The molecule has 0 aliphatic carbocycles. The van der Waals surface area contributed by atoms with E-state index in [0.717, 1.165) is 5.56 Å². The van der Waals surface area contributed by atoms with Crippen LogP contribution in [0.15, 0.2) is 12.1 Å². The zero-order valence-corrected chi connectivity index (χ0v) is 9.20. The van der Waals surface area contributed by atoms with Crippen LogP contribution in [0, 0.1) is 0 Å². The number of aliphatic hydroxyl groups is 1. The number of alkyl halides is 1. The van der Waals surface area contributed by atoms with Crippen molar-refractivity contribution in [3.8, 4) is 11.5 Å². The summed E-state index contributed by atoms with van der Waals surface area (Å²) in [5.41, 5.74) is 1.37. The van der Waals surface area contributed by atoms with Gasteiger partial charge in [-0.15, -0.1) is 0 Å². The topological polar surface area (TPSA) is 38.7 Å². The van der Waals surface area contributed by atoms with Crippen LogP contribution in [0.3, 0.4) is 0 Å². The van der Waals surface area contributed by atoms with E-state index in [1.54, 1.807) is 12.1 Å². The lowest BCUT2D eigenvalue weighted by atomic mass is 10.0. The number of hydrogen-bond acceptors (Lipinski definition) is 3. The molecule has 16 heavy (non-hydrogen) atoms. The maximum absolute atomic E-state index is 13.3. The number of ether oxygens (including phenoxy) is 2. The van der Waals surface area contributed by atoms with Crippen molar-refractivity contribution in [3.63, 3.8) is 0 Å². The largest absolute Gasteiger partial charge is 0.486 e. The Labute approximate surface area is 93.8 Å². The van der Waals surface area contributed by atoms with Crippen LogP contribution in [0.4, 0.5) is 4.39 Å². The Morgan fingerprint density at radius 2 is 2.12 bits per heavy atom. The first-order chi connectivity index (χ1) is 7.72. The van der Waals surface area contributed by atoms with E-state index in [1.807, 2.05) is 0 Å². The SMILES string of the molecule is CC(F)c1cc(CCO)c2c(c1)OCCO2. The van der Waals surface area contributed by atoms with Gasteiger partial charge >= 0.3 is 0 Å². The molecule has 2 rings (SSSR count). The summed E-state index contributed by atoms with van der Waals surface area (Å²) < 4.78 is 24.2. The average molecular weight is 226 g/mol. The molecule has 0 bridgehead atoms. The quantitative estimate of drug-likeness (QED) is 0.857. The lowest BCUT2D eigenvalue weighted by Crippen LogP contribution is -2.17. The van der Waals surface area contributed by atoms with Gasteiger partial charge in [-0.05, 0) is 31.0 Å². The van der Waals surface area contributed by atoms with E-state index in [9.17, 15) is 4.39 Å². The number of hydrogen-bond donors (Lipinski definition) is 1. The average Bonchev–Trinajstić information content (AvgIpc) is 2.29. The number of aliphatic hydroxyl groups excluding tert-OH is 1. The molecule has 4 heteroatoms. The van der Waals surface area contributed by atoms with Crippen molar-refractivity contribution in [1.82, 2.24) is 0 Å². The molecule has 0 aromatic heterocycles. The van der Waals surface area contributed by atoms with Gasteiger partial charge in [0.05, 0.1) is 0 Å². The molecular weight excluding hydrogens is 211 g/mol. The summed E-state index contributed by atoms with van der Waals surface area (Å²) in [5, 5.41) is 8.96. The van der Waals surface area contributed by atoms with Gasteiger partial charge in [0.25, 0.3) is 0 Å². The number of rotatable bonds is 3. The molecule has 1 heterocycles. The number of benzene rings is 1. The molecule has 0 spiro atoms. The summed E-state index contributed by atoms with van der Waals surface area (Å²) in [4.78, 5) is 0. The van der Waals surface area contributed by atoms with Crippen LogP contribution in [-0.2, 0) is 6.42 Å². The van der Waals surface area contributed by atoms with Crippen molar-refractivity contribution in [2.45, 2.75) is 19.5 Å². The predicted octanol–water partition coefficient (Wildman–Crippen LogP) is 2.02. The van der Waals surface area contributed by atoms with E-state index >= 15 is 0 Å². The van der Waals surface area contributed by atoms with Crippen LogP contribution < -0.4 is 9.47 Å². The fraction of sp³-hybridized carbons (Fsp3) is 0.500. The smallest absolute Gasteiger partial charge is 0.164 e. The molecule has 1 aromatic carbocycles. The van der Waals surface area contributed by atoms with Gasteiger partial charge in [-0.3, -0.25) is 0 Å². The highest BCUT2D eigenvalue weighted by molar-refractivity contribution is 5.50. The van der Waals surface area contributed by atoms with Crippen LogP contribution in [0.5, 0.6) is 11.5 Å². The Hall–Kier alpha value is -1.29. The normalized spacial score (nSPS) is 15.9. The zero-order valence-electron chi connectivity index (χ0n) is 9.20. The minimum Gasteiger partial charge on any atom is -0.486 e. The van der Waals surface area contributed by atoms with Crippen LogP contribution in [0.25, 0.3) is 0 Å². The maximum atomic E-state index is 13.3. The second-order valence-corrected chi connectivity index (χ2v) is 3.79. The van der Waals surface area contributed by atoms with Gasteiger partial charge in [0, 0.05) is 12.2 Å². The molecule has 1 aromatic rings. The Balaban J connectivity index is 2.43. The second-order valence-electron chi connectivity index (χ2n) is 3.79. The first kappa shape index (κ1) is 11.2. The number of halogens is 1. The summed E-state index contributed by atoms with van der Waals surface area (Å²) >= 11 is 0. The highest BCUT2D eigenvalue weighted by Crippen LogP contribution is 2.37. The minimum absolute atomic E-state index is 0.0138. The van der Waals surface area contributed by atoms with Crippen LogP contribution in [-0.4, -0.2) is 24.9 Å². The molecule has 0 saturated carbocycles. The zero-order chi connectivity index (χ0) is 11.5. The lowest BCUT2D eigenvalue weighted by Gasteiger charge is -2.22. The fourth-order valence-corrected chi connectivity index (χ4v) is 1.79. The molecular formula is C12H15FO3. The van der Waals surface area contributed by atoms with Gasteiger partial charge in [0.1, 0.15) is 19.4 Å². The van der Waals surface area contributed by atoms with Crippen LogP contribution >= 0.6 is 0 Å². The molecule has 1 atom stereocenters. The van der Waals surface area contributed by atoms with Crippen molar-refractivity contribution in [2.24, 2.45) is 0 Å². The summed E-state index contributed by atoms with van der Waals surface area (Å²) in [6.45, 7) is 2.47. The van der Waals surface area contributed by atoms with E-state index in [2.05, 4.69) is 0 Å². The maximum Gasteiger partial charge on any atom is 0.164 e.